The third-order valence-corrected chi connectivity index (χ3v) is 5.85. The predicted octanol–water partition coefficient (Wildman–Crippen LogP) is 2.43. The first-order valence-corrected chi connectivity index (χ1v) is 9.63. The lowest BCUT2D eigenvalue weighted by molar-refractivity contribution is -0.173. The molecule has 2 saturated heterocycles. The lowest BCUT2D eigenvalue weighted by Gasteiger charge is -2.21. The summed E-state index contributed by atoms with van der Waals surface area (Å²) in [6, 6.07) is 10.8. The lowest BCUT2D eigenvalue weighted by Crippen LogP contribution is -2.23. The van der Waals surface area contributed by atoms with Crippen LogP contribution in [0.3, 0.4) is 0 Å². The van der Waals surface area contributed by atoms with Crippen molar-refractivity contribution in [3.63, 3.8) is 0 Å². The summed E-state index contributed by atoms with van der Waals surface area (Å²) in [6.07, 6.45) is -3.35. The number of aliphatic hydroxyl groups is 2. The van der Waals surface area contributed by atoms with Crippen molar-refractivity contribution in [3.8, 4) is 23.0 Å². The number of ether oxygens (including phenoxy) is 6. The van der Waals surface area contributed by atoms with Crippen LogP contribution in [0, 0.1) is 11.8 Å². The van der Waals surface area contributed by atoms with E-state index in [0.29, 0.717) is 23.0 Å². The molecule has 2 aromatic carbocycles. The van der Waals surface area contributed by atoms with E-state index in [0.717, 1.165) is 11.1 Å². The van der Waals surface area contributed by atoms with Crippen molar-refractivity contribution in [2.24, 2.45) is 11.8 Å². The van der Waals surface area contributed by atoms with Gasteiger partial charge in [-0.2, -0.15) is 0 Å². The molecule has 30 heavy (non-hydrogen) atoms. The van der Waals surface area contributed by atoms with Crippen molar-refractivity contribution < 1.29 is 38.6 Å². The summed E-state index contributed by atoms with van der Waals surface area (Å²) in [6.45, 7) is 0. The van der Waals surface area contributed by atoms with Gasteiger partial charge in [0.25, 0.3) is 0 Å². The van der Waals surface area contributed by atoms with Crippen LogP contribution in [-0.2, 0) is 9.47 Å². The zero-order valence-electron chi connectivity index (χ0n) is 17.3. The van der Waals surface area contributed by atoms with E-state index in [1.165, 1.54) is 0 Å². The highest BCUT2D eigenvalue weighted by Gasteiger charge is 2.57. The van der Waals surface area contributed by atoms with E-state index in [2.05, 4.69) is 0 Å². The van der Waals surface area contributed by atoms with Gasteiger partial charge >= 0.3 is 0 Å². The topological polar surface area (TPSA) is 95.8 Å². The Hall–Kier alpha value is -2.52. The lowest BCUT2D eigenvalue weighted by atomic mass is 9.83. The Balaban J connectivity index is 1.66. The van der Waals surface area contributed by atoms with Gasteiger partial charge in [-0.15, -0.1) is 0 Å². The van der Waals surface area contributed by atoms with Gasteiger partial charge in [0.05, 0.1) is 52.5 Å². The van der Waals surface area contributed by atoms with E-state index in [1.807, 2.05) is 12.1 Å². The Bertz CT molecular complexity index is 827. The van der Waals surface area contributed by atoms with Crippen molar-refractivity contribution in [3.05, 3.63) is 47.5 Å². The van der Waals surface area contributed by atoms with Gasteiger partial charge in [-0.3, -0.25) is 0 Å². The molecule has 0 bridgehead atoms. The molecule has 8 nitrogen and oxygen atoms in total. The Kier molecular flexibility index (Phi) is 5.75. The second-order valence-electron chi connectivity index (χ2n) is 7.28. The Morgan fingerprint density at radius 3 is 1.30 bits per heavy atom. The average Bonchev–Trinajstić information content (AvgIpc) is 3.30. The number of fused-ring (bicyclic) bond motifs is 1. The first-order chi connectivity index (χ1) is 14.5. The van der Waals surface area contributed by atoms with Gasteiger partial charge in [-0.25, -0.2) is 0 Å². The van der Waals surface area contributed by atoms with E-state index >= 15 is 0 Å². The summed E-state index contributed by atoms with van der Waals surface area (Å²) in [4.78, 5) is 0. The summed E-state index contributed by atoms with van der Waals surface area (Å²) < 4.78 is 33.1. The standard InChI is InChI=1S/C22H26O8/c1-25-13-7-5-11(9-15(13)27-3)19-17-18(22(24)29-19)20(30-21(17)23)12-6-8-14(26-2)16(10-12)28-4/h5-10,17-24H,1-4H3/t17-,18-,19+,20+,21?,22?/m0/s1. The molecule has 2 heterocycles. The largest absolute Gasteiger partial charge is 0.493 e. The number of aliphatic hydroxyl groups excluding tert-OH is 2. The molecule has 2 N–H and O–H groups in total. The molecule has 2 fully saturated rings. The molecule has 162 valence electrons. The van der Waals surface area contributed by atoms with Crippen LogP contribution >= 0.6 is 0 Å². The molecular weight excluding hydrogens is 392 g/mol. The summed E-state index contributed by atoms with van der Waals surface area (Å²) in [5.41, 5.74) is 1.52. The van der Waals surface area contributed by atoms with Gasteiger partial charge in [0, 0.05) is 0 Å². The van der Waals surface area contributed by atoms with Crippen molar-refractivity contribution in [1.82, 2.24) is 0 Å². The molecule has 2 aliphatic rings. The van der Waals surface area contributed by atoms with E-state index in [-0.39, 0.29) is 0 Å². The minimum Gasteiger partial charge on any atom is -0.493 e. The first kappa shape index (κ1) is 20.7. The van der Waals surface area contributed by atoms with Crippen LogP contribution in [0.15, 0.2) is 36.4 Å². The summed E-state index contributed by atoms with van der Waals surface area (Å²) in [5, 5.41) is 21.4. The molecule has 2 aliphatic heterocycles. The van der Waals surface area contributed by atoms with E-state index in [1.54, 1.807) is 52.7 Å². The molecule has 4 rings (SSSR count). The minimum absolute atomic E-state index is 0.462. The molecule has 2 unspecified atom stereocenters. The van der Waals surface area contributed by atoms with Crippen LogP contribution < -0.4 is 18.9 Å². The van der Waals surface area contributed by atoms with E-state index < -0.39 is 36.6 Å². The minimum atomic E-state index is -1.11. The molecule has 0 aromatic heterocycles. The van der Waals surface area contributed by atoms with Crippen molar-refractivity contribution >= 4 is 0 Å². The molecule has 2 aromatic rings. The van der Waals surface area contributed by atoms with Gasteiger partial charge in [0.1, 0.15) is 0 Å². The number of benzene rings is 2. The molecule has 0 spiro atoms. The van der Waals surface area contributed by atoms with Crippen molar-refractivity contribution in [1.29, 1.82) is 0 Å². The molecule has 6 atom stereocenters. The quantitative estimate of drug-likeness (QED) is 0.739. The van der Waals surface area contributed by atoms with Crippen LogP contribution in [0.25, 0.3) is 0 Å². The van der Waals surface area contributed by atoms with Gasteiger partial charge in [0.15, 0.2) is 35.6 Å². The highest BCUT2D eigenvalue weighted by molar-refractivity contribution is 5.45. The van der Waals surface area contributed by atoms with Crippen molar-refractivity contribution in [2.75, 3.05) is 28.4 Å². The second-order valence-corrected chi connectivity index (χ2v) is 7.28. The fraction of sp³-hybridized carbons (Fsp3) is 0.455. The monoisotopic (exact) mass is 418 g/mol. The van der Waals surface area contributed by atoms with Gasteiger partial charge < -0.3 is 38.6 Å². The van der Waals surface area contributed by atoms with Gasteiger partial charge in [-0.1, -0.05) is 12.1 Å². The van der Waals surface area contributed by atoms with Crippen LogP contribution in [0.4, 0.5) is 0 Å². The number of hydrogen-bond donors (Lipinski definition) is 2. The fourth-order valence-corrected chi connectivity index (χ4v) is 4.41. The number of methoxy groups -OCH3 is 4. The zero-order valence-corrected chi connectivity index (χ0v) is 17.3. The third kappa shape index (κ3) is 3.35. The Morgan fingerprint density at radius 1 is 0.600 bits per heavy atom. The van der Waals surface area contributed by atoms with Crippen LogP contribution in [-0.4, -0.2) is 51.2 Å². The normalized spacial score (nSPS) is 30.1. The smallest absolute Gasteiger partial charge is 0.161 e. The number of hydrogen-bond acceptors (Lipinski definition) is 8. The maximum absolute atomic E-state index is 10.7. The first-order valence-electron chi connectivity index (χ1n) is 9.63. The Morgan fingerprint density at radius 2 is 0.967 bits per heavy atom. The summed E-state index contributed by atoms with van der Waals surface area (Å²) >= 11 is 0. The Labute approximate surface area is 174 Å². The van der Waals surface area contributed by atoms with E-state index in [4.69, 9.17) is 28.4 Å². The van der Waals surface area contributed by atoms with Gasteiger partial charge in [-0.05, 0) is 35.4 Å². The maximum atomic E-state index is 10.7. The molecular formula is C22H26O8. The molecule has 8 heteroatoms. The zero-order chi connectivity index (χ0) is 21.4. The molecule has 0 amide bonds. The molecule has 0 radical (unpaired) electrons. The molecule has 0 saturated carbocycles. The number of rotatable bonds is 6. The predicted molar refractivity (Wildman–Crippen MR) is 106 cm³/mol. The van der Waals surface area contributed by atoms with Crippen LogP contribution in [0.1, 0.15) is 23.3 Å². The highest BCUT2D eigenvalue weighted by atomic mass is 16.7. The summed E-state index contributed by atoms with van der Waals surface area (Å²) in [7, 11) is 6.22. The second kappa shape index (κ2) is 8.31. The highest BCUT2D eigenvalue weighted by Crippen LogP contribution is 2.55. The van der Waals surface area contributed by atoms with E-state index in [9.17, 15) is 10.2 Å². The summed E-state index contributed by atoms with van der Waals surface area (Å²) in [5.74, 6) is 1.33. The fourth-order valence-electron chi connectivity index (χ4n) is 4.41. The van der Waals surface area contributed by atoms with Crippen molar-refractivity contribution in [2.45, 2.75) is 24.8 Å². The third-order valence-electron chi connectivity index (χ3n) is 5.85. The van der Waals surface area contributed by atoms with Crippen LogP contribution in [0.2, 0.25) is 0 Å². The van der Waals surface area contributed by atoms with Gasteiger partial charge in [0.2, 0.25) is 0 Å². The average molecular weight is 418 g/mol. The SMILES string of the molecule is COc1ccc([C@H]2OC(O)[C@H]3[C@@H]2C(O)O[C@@H]3c2ccc(OC)c(OC)c2)cc1OC. The maximum Gasteiger partial charge on any atom is 0.161 e. The molecule has 0 aliphatic carbocycles. The van der Waals surface area contributed by atoms with Crippen LogP contribution in [0.5, 0.6) is 23.0 Å².